The highest BCUT2D eigenvalue weighted by molar-refractivity contribution is 5.25. The van der Waals surface area contributed by atoms with Crippen molar-refractivity contribution in [2.24, 2.45) is 0 Å². The van der Waals surface area contributed by atoms with Gasteiger partial charge in [0.2, 0.25) is 0 Å². The van der Waals surface area contributed by atoms with Gasteiger partial charge in [-0.1, -0.05) is 89.9 Å². The fraction of sp³-hybridized carbons (Fsp3) is 0.800. The number of hydrogen-bond acceptors (Lipinski definition) is 0. The van der Waals surface area contributed by atoms with Crippen LogP contribution in [-0.2, 0) is 0 Å². The predicted molar refractivity (Wildman–Crippen MR) is 91.5 cm³/mol. The van der Waals surface area contributed by atoms with E-state index in [2.05, 4.69) is 37.5 Å². The normalized spacial score (nSPS) is 9.50. The van der Waals surface area contributed by atoms with Gasteiger partial charge in [-0.05, 0) is 24.7 Å². The average Bonchev–Trinajstić information content (AvgIpc) is 2.47. The zero-order chi connectivity index (χ0) is 14.7. The summed E-state index contributed by atoms with van der Waals surface area (Å²) in [5, 5.41) is 0. The molecule has 0 heterocycles. The van der Waals surface area contributed by atoms with Gasteiger partial charge in [0.1, 0.15) is 0 Å². The van der Waals surface area contributed by atoms with Gasteiger partial charge in [0, 0.05) is 12.8 Å². The molecular weight excluding hydrogens is 240 g/mol. The van der Waals surface area contributed by atoms with Crippen molar-refractivity contribution in [3.05, 3.63) is 0 Å². The lowest BCUT2D eigenvalue weighted by atomic mass is 10.1. The molecule has 0 spiro atoms. The van der Waals surface area contributed by atoms with Gasteiger partial charge in [-0.3, -0.25) is 0 Å². The maximum Gasteiger partial charge on any atom is 0.00989 e. The molecule has 0 aromatic heterocycles. The fourth-order valence-corrected chi connectivity index (χ4v) is 2.18. The molecule has 0 aliphatic heterocycles. The van der Waals surface area contributed by atoms with Crippen LogP contribution in [0.1, 0.15) is 104 Å². The predicted octanol–water partition coefficient (Wildman–Crippen LogP) is 6.49. The standard InChI is InChI=1S/C20H34/c1-3-5-7-9-11-13-15-17-19-20-18-16-14-12-10-8-6-4-2/h3-9,11,13,15,17-20H2,1-2H3. The monoisotopic (exact) mass is 274 g/mol. The summed E-state index contributed by atoms with van der Waals surface area (Å²) in [5.41, 5.74) is 0. The SMILES string of the molecule is CCCCC#CC#CCCCCCCCCCCCC. The van der Waals surface area contributed by atoms with E-state index in [1.807, 2.05) is 0 Å². The molecule has 0 nitrogen and oxygen atoms in total. The Hall–Kier alpha value is -0.880. The lowest BCUT2D eigenvalue weighted by Crippen LogP contribution is -1.81. The largest absolute Gasteiger partial charge is 0.0891 e. The van der Waals surface area contributed by atoms with Crippen LogP contribution in [0.5, 0.6) is 0 Å². The lowest BCUT2D eigenvalue weighted by Gasteiger charge is -2.00. The smallest absolute Gasteiger partial charge is 0.00989 e. The van der Waals surface area contributed by atoms with E-state index in [-0.39, 0.29) is 0 Å². The van der Waals surface area contributed by atoms with Crippen molar-refractivity contribution in [1.82, 2.24) is 0 Å². The molecule has 0 saturated carbocycles. The minimum Gasteiger partial charge on any atom is -0.0891 e. The van der Waals surface area contributed by atoms with Crippen molar-refractivity contribution in [2.45, 2.75) is 104 Å². The second-order valence-electron chi connectivity index (χ2n) is 5.64. The molecule has 20 heavy (non-hydrogen) atoms. The van der Waals surface area contributed by atoms with E-state index in [0.717, 1.165) is 12.8 Å². The van der Waals surface area contributed by atoms with E-state index >= 15 is 0 Å². The van der Waals surface area contributed by atoms with Gasteiger partial charge in [0.15, 0.2) is 0 Å². The summed E-state index contributed by atoms with van der Waals surface area (Å²) < 4.78 is 0. The first kappa shape index (κ1) is 19.1. The fourth-order valence-electron chi connectivity index (χ4n) is 2.18. The second-order valence-corrected chi connectivity index (χ2v) is 5.64. The maximum absolute atomic E-state index is 3.16. The molecule has 0 heteroatoms. The maximum atomic E-state index is 3.16. The Bertz CT molecular complexity index is 291. The molecule has 114 valence electrons. The van der Waals surface area contributed by atoms with Gasteiger partial charge >= 0.3 is 0 Å². The number of hydrogen-bond donors (Lipinski definition) is 0. The van der Waals surface area contributed by atoms with Crippen LogP contribution in [0.4, 0.5) is 0 Å². The Morgan fingerprint density at radius 2 is 0.850 bits per heavy atom. The molecule has 0 saturated heterocycles. The highest BCUT2D eigenvalue weighted by Crippen LogP contribution is 2.10. The summed E-state index contributed by atoms with van der Waals surface area (Å²) in [6.07, 6.45) is 18.4. The zero-order valence-corrected chi connectivity index (χ0v) is 13.9. The van der Waals surface area contributed by atoms with E-state index in [1.54, 1.807) is 0 Å². The Kier molecular flexibility index (Phi) is 17.3. The third kappa shape index (κ3) is 17.1. The lowest BCUT2D eigenvalue weighted by molar-refractivity contribution is 0.558. The van der Waals surface area contributed by atoms with E-state index in [9.17, 15) is 0 Å². The van der Waals surface area contributed by atoms with Gasteiger partial charge in [-0.2, -0.15) is 0 Å². The first-order chi connectivity index (χ1) is 9.91. The van der Waals surface area contributed by atoms with Crippen LogP contribution >= 0.6 is 0 Å². The Balaban J connectivity index is 3.16. The molecule has 0 atom stereocenters. The van der Waals surface area contributed by atoms with Crippen LogP contribution in [0.15, 0.2) is 0 Å². The van der Waals surface area contributed by atoms with Gasteiger partial charge in [0.25, 0.3) is 0 Å². The van der Waals surface area contributed by atoms with Crippen molar-refractivity contribution >= 4 is 0 Å². The summed E-state index contributed by atoms with van der Waals surface area (Å²) in [6.45, 7) is 4.47. The first-order valence-electron chi connectivity index (χ1n) is 8.87. The van der Waals surface area contributed by atoms with Crippen LogP contribution < -0.4 is 0 Å². The van der Waals surface area contributed by atoms with Crippen molar-refractivity contribution in [3.63, 3.8) is 0 Å². The molecule has 0 aliphatic carbocycles. The van der Waals surface area contributed by atoms with Crippen LogP contribution in [0.2, 0.25) is 0 Å². The first-order valence-corrected chi connectivity index (χ1v) is 8.87. The number of rotatable bonds is 12. The molecule has 0 aliphatic rings. The number of unbranched alkanes of at least 4 members (excludes halogenated alkanes) is 12. The molecule has 0 amide bonds. The molecule has 0 rings (SSSR count). The summed E-state index contributed by atoms with van der Waals surface area (Å²) in [7, 11) is 0. The van der Waals surface area contributed by atoms with E-state index < -0.39 is 0 Å². The van der Waals surface area contributed by atoms with Crippen molar-refractivity contribution in [3.8, 4) is 23.7 Å². The molecular formula is C20H34. The Morgan fingerprint density at radius 1 is 0.450 bits per heavy atom. The molecule has 0 bridgehead atoms. The van der Waals surface area contributed by atoms with Crippen LogP contribution in [-0.4, -0.2) is 0 Å². The second kappa shape index (κ2) is 18.1. The third-order valence-corrected chi connectivity index (χ3v) is 3.55. The molecule has 0 aromatic carbocycles. The Labute approximate surface area is 128 Å². The van der Waals surface area contributed by atoms with Crippen LogP contribution in [0.3, 0.4) is 0 Å². The topological polar surface area (TPSA) is 0 Å². The van der Waals surface area contributed by atoms with E-state index in [4.69, 9.17) is 0 Å². The summed E-state index contributed by atoms with van der Waals surface area (Å²) >= 11 is 0. The summed E-state index contributed by atoms with van der Waals surface area (Å²) in [4.78, 5) is 0. The highest BCUT2D eigenvalue weighted by atomic mass is 14.0. The van der Waals surface area contributed by atoms with Crippen molar-refractivity contribution in [1.29, 1.82) is 0 Å². The summed E-state index contributed by atoms with van der Waals surface area (Å²) in [6, 6.07) is 0. The molecule has 0 aromatic rings. The third-order valence-electron chi connectivity index (χ3n) is 3.55. The molecule has 0 radical (unpaired) electrons. The summed E-state index contributed by atoms with van der Waals surface area (Å²) in [5.74, 6) is 12.2. The van der Waals surface area contributed by atoms with Crippen LogP contribution in [0, 0.1) is 23.7 Å². The van der Waals surface area contributed by atoms with Gasteiger partial charge in [-0.15, -0.1) is 0 Å². The van der Waals surface area contributed by atoms with E-state index in [1.165, 1.54) is 77.0 Å². The minimum absolute atomic E-state index is 1.00. The van der Waals surface area contributed by atoms with Crippen molar-refractivity contribution in [2.75, 3.05) is 0 Å². The molecule has 0 N–H and O–H groups in total. The zero-order valence-electron chi connectivity index (χ0n) is 13.9. The van der Waals surface area contributed by atoms with E-state index in [0.29, 0.717) is 0 Å². The van der Waals surface area contributed by atoms with Crippen molar-refractivity contribution < 1.29 is 0 Å². The quantitative estimate of drug-likeness (QED) is 0.282. The average molecular weight is 274 g/mol. The van der Waals surface area contributed by atoms with Gasteiger partial charge in [0.05, 0.1) is 0 Å². The highest BCUT2D eigenvalue weighted by Gasteiger charge is 1.91. The molecule has 0 fully saturated rings. The minimum atomic E-state index is 1.00. The Morgan fingerprint density at radius 3 is 1.35 bits per heavy atom. The molecule has 0 unspecified atom stereocenters. The van der Waals surface area contributed by atoms with Gasteiger partial charge < -0.3 is 0 Å². The van der Waals surface area contributed by atoms with Crippen LogP contribution in [0.25, 0.3) is 0 Å². The van der Waals surface area contributed by atoms with Gasteiger partial charge in [-0.25, -0.2) is 0 Å².